The molecule has 5 heteroatoms. The lowest BCUT2D eigenvalue weighted by Crippen LogP contribution is -2.38. The molecule has 110 valence electrons. The normalized spacial score (nSPS) is 10.9. The number of hydrogen-bond donors (Lipinski definition) is 2. The predicted octanol–water partition coefficient (Wildman–Crippen LogP) is 2.78. The average Bonchev–Trinajstić information content (AvgIpc) is 2.35. The Morgan fingerprint density at radius 2 is 1.50 bits per heavy atom. The summed E-state index contributed by atoms with van der Waals surface area (Å²) in [5.74, 6) is 0.895. The molecule has 4 nitrogen and oxygen atoms in total. The molecular weight excluding hydrogens is 341 g/mol. The Hall–Kier alpha value is -0.0400. The molecule has 0 spiro atoms. The highest BCUT2D eigenvalue weighted by atomic mass is 127. The van der Waals surface area contributed by atoms with Crippen molar-refractivity contribution in [2.24, 2.45) is 4.99 Å². The standard InChI is InChI=1S/C13H29N3O.HI/c1-4-6-9-15-13(14-3)16-10-8-12-17-11-7-5-2;/h4-12H2,1-3H3,(H2,14,15,16);1H. The minimum atomic E-state index is 0. The summed E-state index contributed by atoms with van der Waals surface area (Å²) in [5.41, 5.74) is 0. The molecule has 0 atom stereocenters. The molecule has 0 saturated heterocycles. The first-order chi connectivity index (χ1) is 8.35. The first-order valence-electron chi connectivity index (χ1n) is 6.87. The monoisotopic (exact) mass is 371 g/mol. The lowest BCUT2D eigenvalue weighted by molar-refractivity contribution is 0.129. The maximum absolute atomic E-state index is 5.49. The van der Waals surface area contributed by atoms with Gasteiger partial charge in [-0.2, -0.15) is 0 Å². The summed E-state index contributed by atoms with van der Waals surface area (Å²) in [5, 5.41) is 6.56. The van der Waals surface area contributed by atoms with E-state index >= 15 is 0 Å². The van der Waals surface area contributed by atoms with Crippen LogP contribution in [0.3, 0.4) is 0 Å². The van der Waals surface area contributed by atoms with E-state index in [1.807, 2.05) is 0 Å². The third kappa shape index (κ3) is 14.0. The van der Waals surface area contributed by atoms with Gasteiger partial charge < -0.3 is 15.4 Å². The van der Waals surface area contributed by atoms with Crippen LogP contribution in [-0.4, -0.2) is 39.3 Å². The molecule has 0 saturated carbocycles. The minimum absolute atomic E-state index is 0. The van der Waals surface area contributed by atoms with Crippen molar-refractivity contribution in [1.29, 1.82) is 0 Å². The molecule has 0 rings (SSSR count). The lowest BCUT2D eigenvalue weighted by Gasteiger charge is -2.11. The predicted molar refractivity (Wildman–Crippen MR) is 90.0 cm³/mol. The number of hydrogen-bond acceptors (Lipinski definition) is 2. The van der Waals surface area contributed by atoms with Gasteiger partial charge in [0.2, 0.25) is 0 Å². The Bertz CT molecular complexity index is 189. The molecule has 0 aliphatic rings. The third-order valence-electron chi connectivity index (χ3n) is 2.45. The zero-order chi connectivity index (χ0) is 12.8. The quantitative estimate of drug-likeness (QED) is 0.269. The van der Waals surface area contributed by atoms with Gasteiger partial charge in [0.1, 0.15) is 0 Å². The van der Waals surface area contributed by atoms with Crippen molar-refractivity contribution >= 4 is 29.9 Å². The second kappa shape index (κ2) is 17.0. The van der Waals surface area contributed by atoms with Crippen molar-refractivity contribution in [2.45, 2.75) is 46.0 Å². The van der Waals surface area contributed by atoms with E-state index in [0.717, 1.165) is 45.1 Å². The zero-order valence-electron chi connectivity index (χ0n) is 12.1. The van der Waals surface area contributed by atoms with Crippen LogP contribution in [0.25, 0.3) is 0 Å². The second-order valence-electron chi connectivity index (χ2n) is 4.10. The molecular formula is C13H30IN3O. The van der Waals surface area contributed by atoms with Crippen LogP contribution in [0.1, 0.15) is 46.0 Å². The topological polar surface area (TPSA) is 45.7 Å². The van der Waals surface area contributed by atoms with Gasteiger partial charge in [0.25, 0.3) is 0 Å². The number of nitrogens with zero attached hydrogens (tertiary/aromatic N) is 1. The molecule has 0 radical (unpaired) electrons. The number of halogens is 1. The van der Waals surface area contributed by atoms with Crippen LogP contribution in [0.4, 0.5) is 0 Å². The number of ether oxygens (including phenoxy) is 1. The number of rotatable bonds is 10. The van der Waals surface area contributed by atoms with Gasteiger partial charge in [0.05, 0.1) is 0 Å². The molecule has 0 fully saturated rings. The van der Waals surface area contributed by atoms with Gasteiger partial charge in [-0.3, -0.25) is 4.99 Å². The Morgan fingerprint density at radius 1 is 0.944 bits per heavy atom. The van der Waals surface area contributed by atoms with Gasteiger partial charge in [-0.05, 0) is 19.3 Å². The van der Waals surface area contributed by atoms with E-state index in [9.17, 15) is 0 Å². The highest BCUT2D eigenvalue weighted by molar-refractivity contribution is 14.0. The molecule has 18 heavy (non-hydrogen) atoms. The van der Waals surface area contributed by atoms with E-state index in [1.165, 1.54) is 19.3 Å². The van der Waals surface area contributed by atoms with Crippen molar-refractivity contribution in [3.8, 4) is 0 Å². The molecule has 0 aromatic carbocycles. The fourth-order valence-electron chi connectivity index (χ4n) is 1.33. The molecule has 0 bridgehead atoms. The van der Waals surface area contributed by atoms with Crippen molar-refractivity contribution in [1.82, 2.24) is 10.6 Å². The first-order valence-corrected chi connectivity index (χ1v) is 6.87. The summed E-state index contributed by atoms with van der Waals surface area (Å²) in [6.07, 6.45) is 5.77. The summed E-state index contributed by atoms with van der Waals surface area (Å²) in [7, 11) is 1.80. The fourth-order valence-corrected chi connectivity index (χ4v) is 1.33. The van der Waals surface area contributed by atoms with E-state index in [-0.39, 0.29) is 24.0 Å². The van der Waals surface area contributed by atoms with Gasteiger partial charge in [-0.25, -0.2) is 0 Å². The Labute approximate surface area is 129 Å². The highest BCUT2D eigenvalue weighted by Crippen LogP contribution is 1.89. The van der Waals surface area contributed by atoms with E-state index < -0.39 is 0 Å². The second-order valence-corrected chi connectivity index (χ2v) is 4.10. The van der Waals surface area contributed by atoms with Crippen LogP contribution in [-0.2, 0) is 4.74 Å². The molecule has 2 N–H and O–H groups in total. The first kappa shape index (κ1) is 20.3. The van der Waals surface area contributed by atoms with Gasteiger partial charge in [0, 0.05) is 33.4 Å². The largest absolute Gasteiger partial charge is 0.381 e. The summed E-state index contributed by atoms with van der Waals surface area (Å²) >= 11 is 0. The van der Waals surface area contributed by atoms with Crippen molar-refractivity contribution in [2.75, 3.05) is 33.4 Å². The van der Waals surface area contributed by atoms with Gasteiger partial charge >= 0.3 is 0 Å². The zero-order valence-corrected chi connectivity index (χ0v) is 14.5. The summed E-state index contributed by atoms with van der Waals surface area (Å²) < 4.78 is 5.49. The molecule has 0 unspecified atom stereocenters. The number of guanidine groups is 1. The smallest absolute Gasteiger partial charge is 0.190 e. The average molecular weight is 371 g/mol. The Morgan fingerprint density at radius 3 is 2.06 bits per heavy atom. The van der Waals surface area contributed by atoms with Gasteiger partial charge in [-0.1, -0.05) is 26.7 Å². The number of aliphatic imine (C=N–C) groups is 1. The number of unbranched alkanes of at least 4 members (excludes halogenated alkanes) is 2. The van der Waals surface area contributed by atoms with Crippen LogP contribution < -0.4 is 10.6 Å². The molecule has 0 aromatic heterocycles. The maximum Gasteiger partial charge on any atom is 0.190 e. The van der Waals surface area contributed by atoms with Gasteiger partial charge in [0.15, 0.2) is 5.96 Å². The molecule has 0 aromatic rings. The van der Waals surface area contributed by atoms with Crippen molar-refractivity contribution < 1.29 is 4.74 Å². The Balaban J connectivity index is 0. The van der Waals surface area contributed by atoms with Crippen LogP contribution in [0, 0.1) is 0 Å². The molecule has 0 aliphatic heterocycles. The highest BCUT2D eigenvalue weighted by Gasteiger charge is 1.95. The third-order valence-corrected chi connectivity index (χ3v) is 2.45. The van der Waals surface area contributed by atoms with E-state index in [1.54, 1.807) is 7.05 Å². The molecule has 0 amide bonds. The molecule has 0 aliphatic carbocycles. The van der Waals surface area contributed by atoms with E-state index in [2.05, 4.69) is 29.5 Å². The summed E-state index contributed by atoms with van der Waals surface area (Å²) in [6.45, 7) is 7.99. The van der Waals surface area contributed by atoms with Crippen LogP contribution in [0.5, 0.6) is 0 Å². The van der Waals surface area contributed by atoms with Crippen LogP contribution in [0.15, 0.2) is 4.99 Å². The van der Waals surface area contributed by atoms with Crippen LogP contribution in [0.2, 0.25) is 0 Å². The Kier molecular flexibility index (Phi) is 19.1. The van der Waals surface area contributed by atoms with Crippen molar-refractivity contribution in [3.05, 3.63) is 0 Å². The maximum atomic E-state index is 5.49. The van der Waals surface area contributed by atoms with Gasteiger partial charge in [-0.15, -0.1) is 24.0 Å². The SMILES string of the molecule is CCCCNC(=NC)NCCCOCCCC.I. The minimum Gasteiger partial charge on any atom is -0.381 e. The van der Waals surface area contributed by atoms with E-state index in [0.29, 0.717) is 0 Å². The summed E-state index contributed by atoms with van der Waals surface area (Å²) in [6, 6.07) is 0. The van der Waals surface area contributed by atoms with Crippen molar-refractivity contribution in [3.63, 3.8) is 0 Å². The summed E-state index contributed by atoms with van der Waals surface area (Å²) in [4.78, 5) is 4.16. The lowest BCUT2D eigenvalue weighted by atomic mass is 10.3. The van der Waals surface area contributed by atoms with Crippen LogP contribution >= 0.6 is 24.0 Å². The van der Waals surface area contributed by atoms with E-state index in [4.69, 9.17) is 4.74 Å². The molecule has 0 heterocycles. The number of nitrogens with one attached hydrogen (secondary N) is 2. The fraction of sp³-hybridized carbons (Fsp3) is 0.923.